The third-order valence-corrected chi connectivity index (χ3v) is 2.96. The zero-order valence-electron chi connectivity index (χ0n) is 8.99. The summed E-state index contributed by atoms with van der Waals surface area (Å²) in [5.74, 6) is -1.82. The van der Waals surface area contributed by atoms with E-state index >= 15 is 0 Å². The van der Waals surface area contributed by atoms with Crippen molar-refractivity contribution < 1.29 is 19.4 Å². The van der Waals surface area contributed by atoms with Crippen LogP contribution < -0.4 is 10.1 Å². The lowest BCUT2D eigenvalue weighted by molar-refractivity contribution is -0.140. The van der Waals surface area contributed by atoms with Gasteiger partial charge in [-0.2, -0.15) is 0 Å². The molecule has 2 rings (SSSR count). The molecular weight excluding hydrogens is 246 g/mol. The predicted molar refractivity (Wildman–Crippen MR) is 61.6 cm³/mol. The monoisotopic (exact) mass is 255 g/mol. The molecule has 0 bridgehead atoms. The molecule has 0 radical (unpaired) electrons. The highest BCUT2D eigenvalue weighted by Crippen LogP contribution is 2.38. The maximum atomic E-state index is 11.4. The van der Waals surface area contributed by atoms with E-state index < -0.39 is 11.9 Å². The standard InChI is InChI=1S/C11H10ClNO4/c1-17-9-2-5-6(11(15)16)3-10(14)13-8(5)4-7(9)12/h2,4,6H,3H2,1H3,(H,13,14)(H,15,16)/t6-/m0/s1. The van der Waals surface area contributed by atoms with Crippen LogP contribution in [0.5, 0.6) is 5.75 Å². The molecule has 5 nitrogen and oxygen atoms in total. The normalized spacial score (nSPS) is 18.2. The average molecular weight is 256 g/mol. The summed E-state index contributed by atoms with van der Waals surface area (Å²) in [6, 6.07) is 3.05. The molecule has 2 N–H and O–H groups in total. The molecule has 0 unspecified atom stereocenters. The van der Waals surface area contributed by atoms with E-state index in [4.69, 9.17) is 21.4 Å². The third kappa shape index (κ3) is 2.06. The number of anilines is 1. The number of carbonyl (C=O) groups excluding carboxylic acids is 1. The van der Waals surface area contributed by atoms with Crippen molar-refractivity contribution in [1.29, 1.82) is 0 Å². The van der Waals surface area contributed by atoms with Crippen LogP contribution in [0.25, 0.3) is 0 Å². The molecule has 1 amide bonds. The molecule has 1 aliphatic heterocycles. The van der Waals surface area contributed by atoms with Gasteiger partial charge in [0.25, 0.3) is 0 Å². The largest absolute Gasteiger partial charge is 0.495 e. The Balaban J connectivity index is 2.56. The predicted octanol–water partition coefficient (Wildman–Crippen LogP) is 1.86. The highest BCUT2D eigenvalue weighted by molar-refractivity contribution is 6.32. The Hall–Kier alpha value is -1.75. The molecule has 17 heavy (non-hydrogen) atoms. The van der Waals surface area contributed by atoms with Gasteiger partial charge in [0.15, 0.2) is 0 Å². The number of nitrogens with one attached hydrogen (secondary N) is 1. The van der Waals surface area contributed by atoms with Gasteiger partial charge in [-0.25, -0.2) is 0 Å². The molecule has 0 spiro atoms. The Morgan fingerprint density at radius 1 is 1.59 bits per heavy atom. The number of amides is 1. The van der Waals surface area contributed by atoms with Crippen LogP contribution in [-0.4, -0.2) is 24.1 Å². The van der Waals surface area contributed by atoms with E-state index in [0.717, 1.165) is 0 Å². The summed E-state index contributed by atoms with van der Waals surface area (Å²) in [5, 5.41) is 12.0. The summed E-state index contributed by atoms with van der Waals surface area (Å²) in [4.78, 5) is 22.5. The number of rotatable bonds is 2. The number of carbonyl (C=O) groups is 2. The van der Waals surface area contributed by atoms with Gasteiger partial charge in [0.1, 0.15) is 5.75 Å². The number of hydrogen-bond acceptors (Lipinski definition) is 3. The van der Waals surface area contributed by atoms with Gasteiger partial charge in [0, 0.05) is 12.1 Å². The van der Waals surface area contributed by atoms with E-state index in [9.17, 15) is 9.59 Å². The van der Waals surface area contributed by atoms with E-state index in [1.807, 2.05) is 0 Å². The molecule has 0 aromatic heterocycles. The first-order valence-electron chi connectivity index (χ1n) is 4.93. The van der Waals surface area contributed by atoms with Crippen LogP contribution in [0.4, 0.5) is 5.69 Å². The van der Waals surface area contributed by atoms with Crippen LogP contribution in [0.3, 0.4) is 0 Å². The van der Waals surface area contributed by atoms with Crippen LogP contribution in [0.2, 0.25) is 5.02 Å². The quantitative estimate of drug-likeness (QED) is 0.846. The SMILES string of the molecule is COc1cc2c(cc1Cl)NC(=O)C[C@@H]2C(=O)O. The Labute approximate surface area is 102 Å². The molecule has 0 fully saturated rings. The Morgan fingerprint density at radius 3 is 2.88 bits per heavy atom. The molecule has 1 atom stereocenters. The molecule has 6 heteroatoms. The third-order valence-electron chi connectivity index (χ3n) is 2.66. The zero-order chi connectivity index (χ0) is 12.6. The van der Waals surface area contributed by atoms with E-state index in [2.05, 4.69) is 5.32 Å². The van der Waals surface area contributed by atoms with Crippen molar-refractivity contribution in [2.24, 2.45) is 0 Å². The van der Waals surface area contributed by atoms with Crippen LogP contribution in [0.1, 0.15) is 17.9 Å². The topological polar surface area (TPSA) is 75.6 Å². The minimum absolute atomic E-state index is 0.0763. The van der Waals surface area contributed by atoms with Gasteiger partial charge in [0.05, 0.1) is 18.1 Å². The first-order chi connectivity index (χ1) is 8.02. The van der Waals surface area contributed by atoms with Crippen LogP contribution in [0.15, 0.2) is 12.1 Å². The summed E-state index contributed by atoms with van der Waals surface area (Å²) in [6.07, 6.45) is -0.0763. The van der Waals surface area contributed by atoms with E-state index in [1.54, 1.807) is 6.07 Å². The van der Waals surface area contributed by atoms with E-state index in [0.29, 0.717) is 22.0 Å². The molecule has 0 saturated carbocycles. The van der Waals surface area contributed by atoms with Crippen LogP contribution in [0, 0.1) is 0 Å². The number of aliphatic carboxylic acids is 1. The van der Waals surface area contributed by atoms with Crippen molar-refractivity contribution in [3.63, 3.8) is 0 Å². The highest BCUT2D eigenvalue weighted by atomic mass is 35.5. The van der Waals surface area contributed by atoms with E-state index in [1.165, 1.54) is 13.2 Å². The maximum absolute atomic E-state index is 11.4. The second kappa shape index (κ2) is 4.25. The Kier molecular flexibility index (Phi) is 2.93. The lowest BCUT2D eigenvalue weighted by atomic mass is 9.90. The number of carboxylic acids is 1. The zero-order valence-corrected chi connectivity index (χ0v) is 9.75. The number of carboxylic acid groups (broad SMARTS) is 1. The first kappa shape index (κ1) is 11.7. The second-order valence-corrected chi connectivity index (χ2v) is 4.12. The number of benzene rings is 1. The maximum Gasteiger partial charge on any atom is 0.311 e. The summed E-state index contributed by atoms with van der Waals surface area (Å²) in [6.45, 7) is 0. The molecule has 1 aromatic rings. The molecular formula is C11H10ClNO4. The van der Waals surface area contributed by atoms with Gasteiger partial charge in [-0.1, -0.05) is 11.6 Å². The fourth-order valence-corrected chi connectivity index (χ4v) is 2.08. The number of methoxy groups -OCH3 is 1. The first-order valence-corrected chi connectivity index (χ1v) is 5.31. The van der Waals surface area contributed by atoms with Crippen molar-refractivity contribution in [3.8, 4) is 5.75 Å². The molecule has 1 aliphatic rings. The number of hydrogen-bond donors (Lipinski definition) is 2. The van der Waals surface area contributed by atoms with Crippen molar-refractivity contribution in [2.75, 3.05) is 12.4 Å². The minimum Gasteiger partial charge on any atom is -0.495 e. The Morgan fingerprint density at radius 2 is 2.29 bits per heavy atom. The van der Waals surface area contributed by atoms with Crippen molar-refractivity contribution in [3.05, 3.63) is 22.7 Å². The fourth-order valence-electron chi connectivity index (χ4n) is 1.84. The van der Waals surface area contributed by atoms with Gasteiger partial charge in [-0.3, -0.25) is 9.59 Å². The van der Waals surface area contributed by atoms with Gasteiger partial charge in [0.2, 0.25) is 5.91 Å². The van der Waals surface area contributed by atoms with Gasteiger partial charge in [-0.15, -0.1) is 0 Å². The van der Waals surface area contributed by atoms with Gasteiger partial charge in [-0.05, 0) is 17.7 Å². The van der Waals surface area contributed by atoms with E-state index in [-0.39, 0.29) is 12.3 Å². The Bertz CT molecular complexity index is 500. The van der Waals surface area contributed by atoms with Crippen molar-refractivity contribution in [2.45, 2.75) is 12.3 Å². The second-order valence-electron chi connectivity index (χ2n) is 3.72. The van der Waals surface area contributed by atoms with Crippen LogP contribution >= 0.6 is 11.6 Å². The number of halogens is 1. The van der Waals surface area contributed by atoms with Crippen molar-refractivity contribution >= 4 is 29.2 Å². The van der Waals surface area contributed by atoms with Gasteiger partial charge >= 0.3 is 5.97 Å². The molecule has 1 aromatic carbocycles. The molecule has 0 aliphatic carbocycles. The number of ether oxygens (including phenoxy) is 1. The summed E-state index contributed by atoms with van der Waals surface area (Å²) in [7, 11) is 1.45. The lowest BCUT2D eigenvalue weighted by Gasteiger charge is -2.23. The smallest absolute Gasteiger partial charge is 0.311 e. The van der Waals surface area contributed by atoms with Gasteiger partial charge < -0.3 is 15.2 Å². The summed E-state index contributed by atoms with van der Waals surface area (Å²) in [5.41, 5.74) is 0.942. The lowest BCUT2D eigenvalue weighted by Crippen LogP contribution is -2.27. The molecule has 0 saturated heterocycles. The van der Waals surface area contributed by atoms with Crippen LogP contribution in [-0.2, 0) is 9.59 Å². The minimum atomic E-state index is -1.04. The van der Waals surface area contributed by atoms with Crippen molar-refractivity contribution in [1.82, 2.24) is 0 Å². The fraction of sp³-hybridized carbons (Fsp3) is 0.273. The highest BCUT2D eigenvalue weighted by Gasteiger charge is 2.31. The molecule has 90 valence electrons. The summed E-state index contributed by atoms with van der Waals surface area (Å²) < 4.78 is 5.03. The summed E-state index contributed by atoms with van der Waals surface area (Å²) >= 11 is 5.91. The average Bonchev–Trinajstić information content (AvgIpc) is 2.26. The molecule has 1 heterocycles. The number of fused-ring (bicyclic) bond motifs is 1.